The molecule has 0 bridgehead atoms. The summed E-state index contributed by atoms with van der Waals surface area (Å²) >= 11 is 0. The third kappa shape index (κ3) is 6.18. The molecule has 0 fully saturated rings. The maximum atomic E-state index is 13.0. The van der Waals surface area contributed by atoms with Gasteiger partial charge in [-0.05, 0) is 71.1 Å². The summed E-state index contributed by atoms with van der Waals surface area (Å²) in [5.74, 6) is -0.601. The van der Waals surface area contributed by atoms with Gasteiger partial charge in [0.25, 0.3) is 5.91 Å². The molecule has 7 heteroatoms. The largest absolute Gasteiger partial charge is 0.348 e. The first-order valence-electron chi connectivity index (χ1n) is 11.1. The number of amides is 1. The minimum atomic E-state index is -3.18. The Morgan fingerprint density at radius 3 is 2.38 bits per heavy atom. The number of benzene rings is 3. The summed E-state index contributed by atoms with van der Waals surface area (Å²) in [4.78, 5) is 15.0. The van der Waals surface area contributed by atoms with Gasteiger partial charge in [-0.15, -0.1) is 0 Å². The van der Waals surface area contributed by atoms with Crippen LogP contribution in [0.1, 0.15) is 33.5 Å². The highest BCUT2D eigenvalue weighted by Gasteiger charge is 2.15. The highest BCUT2D eigenvalue weighted by atomic mass is 32.2. The standard InChI is InChI=1S/C27H27FN2O3S/c1-34(32,33)26-11-5-20(6-12-26)19-30-15-13-22(14-16-30)24-4-2-3-21(17-24)18-29-27(31)23-7-9-25(28)10-8-23/h2-13,17H,14-16,18-19H2,1H3,(H,29,31). The van der Waals surface area contributed by atoms with Crippen LogP contribution in [0.2, 0.25) is 0 Å². The molecule has 0 radical (unpaired) electrons. The van der Waals surface area contributed by atoms with Crippen molar-refractivity contribution in [1.82, 2.24) is 10.2 Å². The Labute approximate surface area is 199 Å². The molecule has 0 saturated carbocycles. The first-order valence-corrected chi connectivity index (χ1v) is 13.0. The van der Waals surface area contributed by atoms with Crippen molar-refractivity contribution in [3.05, 3.63) is 107 Å². The zero-order chi connectivity index (χ0) is 24.1. The van der Waals surface area contributed by atoms with E-state index in [0.717, 1.165) is 42.7 Å². The molecule has 1 aliphatic rings. The summed E-state index contributed by atoms with van der Waals surface area (Å²) in [7, 11) is -3.18. The van der Waals surface area contributed by atoms with E-state index in [1.807, 2.05) is 24.3 Å². The monoisotopic (exact) mass is 478 g/mol. The molecule has 1 amide bonds. The highest BCUT2D eigenvalue weighted by Crippen LogP contribution is 2.24. The zero-order valence-electron chi connectivity index (χ0n) is 19.0. The van der Waals surface area contributed by atoms with E-state index in [4.69, 9.17) is 0 Å². The number of carbonyl (C=O) groups is 1. The van der Waals surface area contributed by atoms with Crippen molar-refractivity contribution >= 4 is 21.3 Å². The van der Waals surface area contributed by atoms with Crippen molar-refractivity contribution < 1.29 is 17.6 Å². The fourth-order valence-corrected chi connectivity index (χ4v) is 4.61. The van der Waals surface area contributed by atoms with E-state index in [2.05, 4.69) is 28.4 Å². The highest BCUT2D eigenvalue weighted by molar-refractivity contribution is 7.90. The lowest BCUT2D eigenvalue weighted by molar-refractivity contribution is 0.0951. The second-order valence-corrected chi connectivity index (χ2v) is 10.5. The van der Waals surface area contributed by atoms with E-state index in [1.54, 1.807) is 12.1 Å². The van der Waals surface area contributed by atoms with Crippen LogP contribution < -0.4 is 5.32 Å². The molecule has 1 heterocycles. The Morgan fingerprint density at radius 1 is 1.00 bits per heavy atom. The third-order valence-electron chi connectivity index (χ3n) is 5.91. The third-order valence-corrected chi connectivity index (χ3v) is 7.04. The van der Waals surface area contributed by atoms with E-state index in [1.165, 1.54) is 36.1 Å². The smallest absolute Gasteiger partial charge is 0.251 e. The first kappa shape index (κ1) is 23.9. The van der Waals surface area contributed by atoms with Crippen LogP contribution in [-0.2, 0) is 22.9 Å². The molecular weight excluding hydrogens is 451 g/mol. The summed E-state index contributed by atoms with van der Waals surface area (Å²) in [6.45, 7) is 2.89. The van der Waals surface area contributed by atoms with Gasteiger partial charge < -0.3 is 5.32 Å². The Balaban J connectivity index is 1.34. The molecule has 0 spiro atoms. The van der Waals surface area contributed by atoms with Crippen molar-refractivity contribution in [3.8, 4) is 0 Å². The maximum absolute atomic E-state index is 13.0. The lowest BCUT2D eigenvalue weighted by Gasteiger charge is -2.26. The van der Waals surface area contributed by atoms with Crippen LogP contribution in [0.4, 0.5) is 4.39 Å². The quantitative estimate of drug-likeness (QED) is 0.545. The second-order valence-electron chi connectivity index (χ2n) is 8.52. The molecule has 0 saturated heterocycles. The first-order chi connectivity index (χ1) is 16.3. The number of carbonyl (C=O) groups excluding carboxylic acids is 1. The van der Waals surface area contributed by atoms with Crippen molar-refractivity contribution in [3.63, 3.8) is 0 Å². The summed E-state index contributed by atoms with van der Waals surface area (Å²) in [5, 5.41) is 2.89. The topological polar surface area (TPSA) is 66.5 Å². The molecule has 34 heavy (non-hydrogen) atoms. The van der Waals surface area contributed by atoms with Gasteiger partial charge in [0.15, 0.2) is 9.84 Å². The average Bonchev–Trinajstić information content (AvgIpc) is 2.83. The van der Waals surface area contributed by atoms with Crippen LogP contribution in [0.15, 0.2) is 83.8 Å². The number of nitrogens with zero attached hydrogens (tertiary/aromatic N) is 1. The minimum Gasteiger partial charge on any atom is -0.348 e. The Hall–Kier alpha value is -3.29. The summed E-state index contributed by atoms with van der Waals surface area (Å²) in [5.41, 5.74) is 4.94. The fourth-order valence-electron chi connectivity index (χ4n) is 3.98. The number of sulfone groups is 1. The van der Waals surface area contributed by atoms with Gasteiger partial charge in [-0.3, -0.25) is 9.69 Å². The number of halogens is 1. The van der Waals surface area contributed by atoms with Crippen molar-refractivity contribution in [2.75, 3.05) is 19.3 Å². The number of hydrogen-bond acceptors (Lipinski definition) is 4. The predicted octanol–water partition coefficient (Wildman–Crippen LogP) is 4.45. The molecule has 3 aromatic rings. The van der Waals surface area contributed by atoms with Gasteiger partial charge in [0.1, 0.15) is 5.82 Å². The van der Waals surface area contributed by atoms with Crippen LogP contribution in [-0.4, -0.2) is 38.6 Å². The van der Waals surface area contributed by atoms with E-state index < -0.39 is 9.84 Å². The fraction of sp³-hybridized carbons (Fsp3) is 0.222. The van der Waals surface area contributed by atoms with Crippen LogP contribution in [0.5, 0.6) is 0 Å². The SMILES string of the molecule is CS(=O)(=O)c1ccc(CN2CC=C(c3cccc(CNC(=O)c4ccc(F)cc4)c3)CC2)cc1. The summed E-state index contributed by atoms with van der Waals surface area (Å²) in [6, 6.07) is 20.7. The van der Waals surface area contributed by atoms with Gasteiger partial charge in [0, 0.05) is 38.0 Å². The maximum Gasteiger partial charge on any atom is 0.251 e. The molecule has 1 aliphatic heterocycles. The van der Waals surface area contributed by atoms with Crippen LogP contribution in [0.25, 0.3) is 5.57 Å². The van der Waals surface area contributed by atoms with Gasteiger partial charge in [-0.25, -0.2) is 12.8 Å². The zero-order valence-corrected chi connectivity index (χ0v) is 19.8. The molecule has 3 aromatic carbocycles. The summed E-state index contributed by atoms with van der Waals surface area (Å²) < 4.78 is 36.3. The molecule has 0 aliphatic carbocycles. The van der Waals surface area contributed by atoms with Crippen LogP contribution in [0, 0.1) is 5.82 Å². The molecule has 5 nitrogen and oxygen atoms in total. The summed E-state index contributed by atoms with van der Waals surface area (Å²) in [6.07, 6.45) is 4.35. The van der Waals surface area contributed by atoms with E-state index >= 15 is 0 Å². The van der Waals surface area contributed by atoms with Crippen molar-refractivity contribution in [1.29, 1.82) is 0 Å². The predicted molar refractivity (Wildman–Crippen MR) is 131 cm³/mol. The molecule has 1 N–H and O–H groups in total. The lowest BCUT2D eigenvalue weighted by atomic mass is 9.97. The molecule has 0 atom stereocenters. The molecular formula is C27H27FN2O3S. The van der Waals surface area contributed by atoms with Gasteiger partial charge in [0.05, 0.1) is 4.90 Å². The van der Waals surface area contributed by atoms with E-state index in [9.17, 15) is 17.6 Å². The van der Waals surface area contributed by atoms with Crippen LogP contribution >= 0.6 is 0 Å². The number of hydrogen-bond donors (Lipinski definition) is 1. The minimum absolute atomic E-state index is 0.234. The number of nitrogens with one attached hydrogen (secondary N) is 1. The normalized spacial score (nSPS) is 14.5. The molecule has 0 unspecified atom stereocenters. The van der Waals surface area contributed by atoms with E-state index in [0.29, 0.717) is 17.0 Å². The lowest BCUT2D eigenvalue weighted by Crippen LogP contribution is -2.28. The Morgan fingerprint density at radius 2 is 1.74 bits per heavy atom. The molecule has 0 aromatic heterocycles. The second kappa shape index (κ2) is 10.3. The molecule has 4 rings (SSSR count). The Bertz CT molecular complexity index is 1300. The van der Waals surface area contributed by atoms with Crippen molar-refractivity contribution in [2.45, 2.75) is 24.4 Å². The van der Waals surface area contributed by atoms with Crippen molar-refractivity contribution in [2.24, 2.45) is 0 Å². The van der Waals surface area contributed by atoms with Crippen LogP contribution in [0.3, 0.4) is 0 Å². The van der Waals surface area contributed by atoms with Gasteiger partial charge in [0.2, 0.25) is 0 Å². The molecule has 176 valence electrons. The average molecular weight is 479 g/mol. The van der Waals surface area contributed by atoms with Gasteiger partial charge in [-0.1, -0.05) is 36.4 Å². The van der Waals surface area contributed by atoms with E-state index in [-0.39, 0.29) is 11.7 Å². The van der Waals surface area contributed by atoms with Gasteiger partial charge in [-0.2, -0.15) is 0 Å². The van der Waals surface area contributed by atoms with Gasteiger partial charge >= 0.3 is 0 Å². The number of rotatable bonds is 7. The Kier molecular flexibility index (Phi) is 7.24.